The summed E-state index contributed by atoms with van der Waals surface area (Å²) in [5, 5.41) is 6.68. The van der Waals surface area contributed by atoms with Crippen molar-refractivity contribution in [3.05, 3.63) is 65.7 Å². The van der Waals surface area contributed by atoms with Crippen molar-refractivity contribution in [1.29, 1.82) is 0 Å². The second kappa shape index (κ2) is 14.0. The molecule has 0 radical (unpaired) electrons. The molecule has 2 aromatic carbocycles. The van der Waals surface area contributed by atoms with Crippen molar-refractivity contribution in [3.63, 3.8) is 0 Å². The number of halogens is 1. The van der Waals surface area contributed by atoms with Gasteiger partial charge in [0.1, 0.15) is 5.75 Å². The first kappa shape index (κ1) is 26.0. The number of aliphatic imine (C=N–C) groups is 1. The summed E-state index contributed by atoms with van der Waals surface area (Å²) in [6.45, 7) is 5.83. The van der Waals surface area contributed by atoms with Gasteiger partial charge in [-0.2, -0.15) is 0 Å². The zero-order valence-corrected chi connectivity index (χ0v) is 21.4. The average Bonchev–Trinajstić information content (AvgIpc) is 3.15. The molecule has 1 unspecified atom stereocenters. The van der Waals surface area contributed by atoms with Gasteiger partial charge < -0.3 is 20.3 Å². The minimum atomic E-state index is 0. The van der Waals surface area contributed by atoms with E-state index < -0.39 is 0 Å². The van der Waals surface area contributed by atoms with Gasteiger partial charge in [-0.15, -0.1) is 24.0 Å². The monoisotopic (exact) mass is 550 g/mol. The van der Waals surface area contributed by atoms with Crippen LogP contribution in [0.1, 0.15) is 24.0 Å². The van der Waals surface area contributed by atoms with E-state index in [2.05, 4.69) is 46.8 Å². The summed E-state index contributed by atoms with van der Waals surface area (Å²) in [5.41, 5.74) is 2.50. The van der Waals surface area contributed by atoms with Crippen LogP contribution in [0.3, 0.4) is 0 Å². The van der Waals surface area contributed by atoms with Crippen LogP contribution in [0.25, 0.3) is 0 Å². The molecule has 1 amide bonds. The smallest absolute Gasteiger partial charge is 0.223 e. The molecule has 1 atom stereocenters. The number of amides is 1. The number of aryl methyl sites for hydroxylation is 1. The van der Waals surface area contributed by atoms with Gasteiger partial charge in [0.15, 0.2) is 5.96 Å². The SMILES string of the molecule is CN=C(NCCCOc1ccc(C)cc1)NCC1CC(=O)N(CCc2ccccc2)C1.I. The van der Waals surface area contributed by atoms with Crippen molar-refractivity contribution in [2.75, 3.05) is 39.8 Å². The number of nitrogens with one attached hydrogen (secondary N) is 2. The molecule has 2 N–H and O–H groups in total. The predicted molar refractivity (Wildman–Crippen MR) is 141 cm³/mol. The predicted octanol–water partition coefficient (Wildman–Crippen LogP) is 3.64. The summed E-state index contributed by atoms with van der Waals surface area (Å²) < 4.78 is 5.75. The number of hydrogen-bond donors (Lipinski definition) is 2. The Bertz CT molecular complexity index is 843. The maximum Gasteiger partial charge on any atom is 0.223 e. The molecule has 32 heavy (non-hydrogen) atoms. The van der Waals surface area contributed by atoms with E-state index >= 15 is 0 Å². The van der Waals surface area contributed by atoms with E-state index in [0.717, 1.165) is 50.7 Å². The van der Waals surface area contributed by atoms with Gasteiger partial charge in [0.2, 0.25) is 5.91 Å². The van der Waals surface area contributed by atoms with Crippen LogP contribution in [-0.4, -0.2) is 56.6 Å². The highest BCUT2D eigenvalue weighted by atomic mass is 127. The van der Waals surface area contributed by atoms with E-state index in [1.165, 1.54) is 11.1 Å². The van der Waals surface area contributed by atoms with Crippen molar-refractivity contribution in [2.45, 2.75) is 26.2 Å². The Morgan fingerprint density at radius 2 is 1.88 bits per heavy atom. The Morgan fingerprint density at radius 3 is 2.59 bits per heavy atom. The molecule has 2 aromatic rings. The van der Waals surface area contributed by atoms with Crippen LogP contribution in [0.5, 0.6) is 5.75 Å². The van der Waals surface area contributed by atoms with Crippen molar-refractivity contribution >= 4 is 35.8 Å². The Morgan fingerprint density at radius 1 is 1.12 bits per heavy atom. The third-order valence-corrected chi connectivity index (χ3v) is 5.49. The molecule has 174 valence electrons. The molecule has 0 aromatic heterocycles. The molecule has 0 saturated carbocycles. The second-order valence-electron chi connectivity index (χ2n) is 8.04. The summed E-state index contributed by atoms with van der Waals surface area (Å²) in [6.07, 6.45) is 2.38. The van der Waals surface area contributed by atoms with E-state index in [1.54, 1.807) is 7.05 Å². The second-order valence-corrected chi connectivity index (χ2v) is 8.04. The van der Waals surface area contributed by atoms with Gasteiger partial charge in [0.25, 0.3) is 0 Å². The number of benzene rings is 2. The number of carbonyl (C=O) groups is 1. The molecule has 0 spiro atoms. The number of hydrogen-bond acceptors (Lipinski definition) is 3. The van der Waals surface area contributed by atoms with E-state index in [0.29, 0.717) is 18.9 Å². The molecule has 1 saturated heterocycles. The maximum atomic E-state index is 12.3. The molecule has 0 aliphatic carbocycles. The van der Waals surface area contributed by atoms with Gasteiger partial charge in [-0.05, 0) is 37.5 Å². The Kier molecular flexibility index (Phi) is 11.3. The number of nitrogens with zero attached hydrogens (tertiary/aromatic N) is 2. The lowest BCUT2D eigenvalue weighted by Crippen LogP contribution is -2.41. The van der Waals surface area contributed by atoms with Crippen molar-refractivity contribution in [2.24, 2.45) is 10.9 Å². The highest BCUT2D eigenvalue weighted by Gasteiger charge is 2.29. The molecule has 0 bridgehead atoms. The lowest BCUT2D eigenvalue weighted by atomic mass is 10.1. The topological polar surface area (TPSA) is 66.0 Å². The normalized spacial score (nSPS) is 15.9. The summed E-state index contributed by atoms with van der Waals surface area (Å²) >= 11 is 0. The quantitative estimate of drug-likeness (QED) is 0.205. The van der Waals surface area contributed by atoms with E-state index in [9.17, 15) is 4.79 Å². The standard InChI is InChI=1S/C25H34N4O2.HI/c1-20-9-11-23(12-10-20)31-16-6-14-27-25(26-2)28-18-22-17-24(30)29(19-22)15-13-21-7-4-3-5-8-21;/h3-5,7-12,22H,6,13-19H2,1-2H3,(H2,26,27,28);1H. The largest absolute Gasteiger partial charge is 0.494 e. The summed E-state index contributed by atoms with van der Waals surface area (Å²) in [7, 11) is 1.77. The fourth-order valence-corrected chi connectivity index (χ4v) is 3.68. The van der Waals surface area contributed by atoms with Gasteiger partial charge in [-0.1, -0.05) is 48.0 Å². The number of carbonyl (C=O) groups excluding carboxylic acids is 1. The van der Waals surface area contributed by atoms with Crippen LogP contribution in [0, 0.1) is 12.8 Å². The summed E-state index contributed by atoms with van der Waals surface area (Å²) in [4.78, 5) is 18.6. The fraction of sp³-hybridized carbons (Fsp3) is 0.440. The Hall–Kier alpha value is -2.29. The van der Waals surface area contributed by atoms with Gasteiger partial charge in [-0.25, -0.2) is 0 Å². The third-order valence-electron chi connectivity index (χ3n) is 5.49. The van der Waals surface area contributed by atoms with Gasteiger partial charge in [0.05, 0.1) is 6.61 Å². The lowest BCUT2D eigenvalue weighted by Gasteiger charge is -2.18. The van der Waals surface area contributed by atoms with E-state index in [4.69, 9.17) is 4.74 Å². The first-order valence-electron chi connectivity index (χ1n) is 11.1. The molecule has 6 nitrogen and oxygen atoms in total. The first-order valence-corrected chi connectivity index (χ1v) is 11.1. The van der Waals surface area contributed by atoms with Crippen molar-refractivity contribution < 1.29 is 9.53 Å². The zero-order valence-electron chi connectivity index (χ0n) is 19.0. The number of rotatable bonds is 10. The van der Waals surface area contributed by atoms with Crippen LogP contribution in [0.4, 0.5) is 0 Å². The summed E-state index contributed by atoms with van der Waals surface area (Å²) in [6, 6.07) is 18.4. The molecule has 1 heterocycles. The molecule has 1 fully saturated rings. The fourth-order valence-electron chi connectivity index (χ4n) is 3.68. The van der Waals surface area contributed by atoms with Gasteiger partial charge in [0, 0.05) is 45.6 Å². The Labute approximate surface area is 208 Å². The van der Waals surface area contributed by atoms with Crippen LogP contribution in [-0.2, 0) is 11.2 Å². The van der Waals surface area contributed by atoms with Crippen molar-refractivity contribution in [3.8, 4) is 5.75 Å². The lowest BCUT2D eigenvalue weighted by molar-refractivity contribution is -0.127. The highest BCUT2D eigenvalue weighted by Crippen LogP contribution is 2.17. The van der Waals surface area contributed by atoms with Crippen LogP contribution < -0.4 is 15.4 Å². The third kappa shape index (κ3) is 8.68. The van der Waals surface area contributed by atoms with Crippen LogP contribution in [0.2, 0.25) is 0 Å². The molecule has 1 aliphatic heterocycles. The van der Waals surface area contributed by atoms with Gasteiger partial charge >= 0.3 is 0 Å². The molecule has 7 heteroatoms. The molecular formula is C25H35IN4O2. The number of guanidine groups is 1. The molecular weight excluding hydrogens is 515 g/mol. The minimum absolute atomic E-state index is 0. The minimum Gasteiger partial charge on any atom is -0.494 e. The number of ether oxygens (including phenoxy) is 1. The van der Waals surface area contributed by atoms with Crippen LogP contribution in [0.15, 0.2) is 59.6 Å². The van der Waals surface area contributed by atoms with E-state index in [1.807, 2.05) is 35.2 Å². The highest BCUT2D eigenvalue weighted by molar-refractivity contribution is 14.0. The molecule has 1 aliphatic rings. The average molecular weight is 550 g/mol. The van der Waals surface area contributed by atoms with E-state index in [-0.39, 0.29) is 29.9 Å². The van der Waals surface area contributed by atoms with Crippen LogP contribution >= 0.6 is 24.0 Å². The Balaban J connectivity index is 0.00000363. The first-order chi connectivity index (χ1) is 15.1. The zero-order chi connectivity index (χ0) is 21.9. The van der Waals surface area contributed by atoms with Gasteiger partial charge in [-0.3, -0.25) is 9.79 Å². The summed E-state index contributed by atoms with van der Waals surface area (Å²) in [5.74, 6) is 2.23. The number of likely N-dealkylation sites (tertiary alicyclic amines) is 1. The maximum absolute atomic E-state index is 12.3. The van der Waals surface area contributed by atoms with Crippen molar-refractivity contribution in [1.82, 2.24) is 15.5 Å². The molecule has 3 rings (SSSR count).